The van der Waals surface area contributed by atoms with Crippen molar-refractivity contribution in [2.24, 2.45) is 0 Å². The molecule has 0 saturated carbocycles. The largest absolute Gasteiger partial charge is 0.593 e. The van der Waals surface area contributed by atoms with Crippen molar-refractivity contribution in [2.75, 3.05) is 5.32 Å². The zero-order chi connectivity index (χ0) is 21.5. The van der Waals surface area contributed by atoms with Crippen LogP contribution in [0.5, 0.6) is 0 Å². The summed E-state index contributed by atoms with van der Waals surface area (Å²) in [4.78, 5) is 12.2. The molecule has 0 bridgehead atoms. The van der Waals surface area contributed by atoms with Gasteiger partial charge in [0.05, 0.1) is 23.3 Å². The quantitative estimate of drug-likeness (QED) is 0.578. The van der Waals surface area contributed by atoms with Gasteiger partial charge < -0.3 is 9.87 Å². The lowest BCUT2D eigenvalue weighted by Gasteiger charge is -2.23. The third kappa shape index (κ3) is 4.26. The Balaban J connectivity index is 1.68. The highest BCUT2D eigenvalue weighted by Crippen LogP contribution is 2.34. The van der Waals surface area contributed by atoms with Crippen LogP contribution >= 0.6 is 0 Å². The molecule has 4 nitrogen and oxygen atoms in total. The summed E-state index contributed by atoms with van der Waals surface area (Å²) in [6.45, 7) is 5.84. The average molecular weight is 423 g/mol. The van der Waals surface area contributed by atoms with Crippen molar-refractivity contribution >= 4 is 23.0 Å². The van der Waals surface area contributed by atoms with Gasteiger partial charge in [-0.15, -0.1) is 4.72 Å². The van der Waals surface area contributed by atoms with Crippen molar-refractivity contribution in [1.82, 2.24) is 4.72 Å². The van der Waals surface area contributed by atoms with Crippen molar-refractivity contribution < 1.29 is 13.7 Å². The van der Waals surface area contributed by atoms with E-state index in [2.05, 4.69) is 10.0 Å². The number of fused-ring (bicyclic) bond motifs is 1. The smallest absolute Gasteiger partial charge is 0.228 e. The van der Waals surface area contributed by atoms with Gasteiger partial charge in [-0.3, -0.25) is 4.79 Å². The molecule has 1 atom stereocenters. The molecule has 30 heavy (non-hydrogen) atoms. The van der Waals surface area contributed by atoms with Crippen molar-refractivity contribution in [3.8, 4) is 22.3 Å². The van der Waals surface area contributed by atoms with Crippen molar-refractivity contribution in [3.63, 3.8) is 0 Å². The van der Waals surface area contributed by atoms with Crippen LogP contribution in [0, 0.1) is 5.82 Å². The molecule has 0 spiro atoms. The molecule has 0 aliphatic carbocycles. The second-order valence-electron chi connectivity index (χ2n) is 8.41. The minimum atomic E-state index is -1.43. The van der Waals surface area contributed by atoms with E-state index in [9.17, 15) is 9.35 Å². The van der Waals surface area contributed by atoms with Gasteiger partial charge in [-0.1, -0.05) is 30.3 Å². The average Bonchev–Trinajstić information content (AvgIpc) is 3.05. The monoisotopic (exact) mass is 422 g/mol. The van der Waals surface area contributed by atoms with Gasteiger partial charge in [0.25, 0.3) is 0 Å². The first-order valence-corrected chi connectivity index (χ1v) is 10.9. The predicted molar refractivity (Wildman–Crippen MR) is 119 cm³/mol. The number of rotatable bonds is 4. The summed E-state index contributed by atoms with van der Waals surface area (Å²) in [5.41, 5.74) is 3.90. The summed E-state index contributed by atoms with van der Waals surface area (Å²) in [6, 6.07) is 17.8. The first-order valence-electron chi connectivity index (χ1n) is 9.73. The first-order chi connectivity index (χ1) is 14.2. The van der Waals surface area contributed by atoms with Crippen LogP contribution in [0.2, 0.25) is 0 Å². The van der Waals surface area contributed by atoms with Gasteiger partial charge in [0.2, 0.25) is 5.91 Å². The van der Waals surface area contributed by atoms with E-state index in [0.717, 1.165) is 22.4 Å². The molecule has 6 heteroatoms. The fraction of sp³-hybridized carbons (Fsp3) is 0.208. The van der Waals surface area contributed by atoms with E-state index < -0.39 is 11.4 Å². The molecule has 1 unspecified atom stereocenters. The maximum atomic E-state index is 15.1. The fourth-order valence-corrected chi connectivity index (χ4v) is 4.77. The lowest BCUT2D eigenvalue weighted by Crippen LogP contribution is -2.40. The Kier molecular flexibility index (Phi) is 5.40. The molecule has 1 aliphatic heterocycles. The first kappa shape index (κ1) is 20.6. The van der Waals surface area contributed by atoms with Crippen LogP contribution in [0.4, 0.5) is 10.1 Å². The van der Waals surface area contributed by atoms with E-state index in [1.165, 1.54) is 6.07 Å². The van der Waals surface area contributed by atoms with Crippen molar-refractivity contribution in [3.05, 3.63) is 72.0 Å². The number of anilines is 1. The maximum Gasteiger partial charge on any atom is 0.228 e. The molecule has 0 saturated heterocycles. The lowest BCUT2D eigenvalue weighted by atomic mass is 9.98. The Morgan fingerprint density at radius 3 is 2.43 bits per heavy atom. The Labute approximate surface area is 178 Å². The molecule has 3 aromatic carbocycles. The van der Waals surface area contributed by atoms with E-state index in [1.807, 2.05) is 51.1 Å². The zero-order valence-electron chi connectivity index (χ0n) is 17.1. The molecule has 0 aromatic heterocycles. The number of nitrogens with one attached hydrogen (secondary N) is 2. The standard InChI is InChI=1S/C24H23FN2O2S/c1-24(2,3)27-30(29)22-7-5-4-6-19(22)16-8-10-18(20(25)13-16)15-9-11-21-17(12-15)14-23(28)26-21/h4-13,27H,14H2,1-3H3,(H,26,28). The van der Waals surface area contributed by atoms with Gasteiger partial charge in [-0.05, 0) is 67.8 Å². The minimum absolute atomic E-state index is 0.0496. The molecule has 0 radical (unpaired) electrons. The van der Waals surface area contributed by atoms with Gasteiger partial charge in [0.1, 0.15) is 5.82 Å². The van der Waals surface area contributed by atoms with Crippen LogP contribution in [-0.2, 0) is 22.6 Å². The number of carbonyl (C=O) groups excluding carboxylic acids is 1. The third-order valence-electron chi connectivity index (χ3n) is 4.81. The molecule has 154 valence electrons. The lowest BCUT2D eigenvalue weighted by molar-refractivity contribution is -0.115. The summed E-state index contributed by atoms with van der Waals surface area (Å²) in [5, 5.41) is 2.79. The highest BCUT2D eigenvalue weighted by molar-refractivity contribution is 7.89. The molecular weight excluding hydrogens is 399 g/mol. The molecule has 2 N–H and O–H groups in total. The maximum absolute atomic E-state index is 15.1. The number of carbonyl (C=O) groups is 1. The highest BCUT2D eigenvalue weighted by atomic mass is 32.2. The van der Waals surface area contributed by atoms with Crippen molar-refractivity contribution in [2.45, 2.75) is 37.6 Å². The van der Waals surface area contributed by atoms with E-state index in [-0.39, 0.29) is 17.3 Å². The van der Waals surface area contributed by atoms with Crippen LogP contribution in [0.3, 0.4) is 0 Å². The molecule has 1 heterocycles. The SMILES string of the molecule is CC(C)(C)N[S+]([O-])c1ccccc1-c1ccc(-c2ccc3c(c2)CC(=O)N3)c(F)c1. The van der Waals surface area contributed by atoms with Gasteiger partial charge in [0, 0.05) is 16.8 Å². The number of amides is 1. The molecule has 0 fully saturated rings. The van der Waals surface area contributed by atoms with Gasteiger partial charge in [-0.2, -0.15) is 0 Å². The Bertz CT molecular complexity index is 1120. The summed E-state index contributed by atoms with van der Waals surface area (Å²) in [5.74, 6) is -0.416. The number of benzene rings is 3. The van der Waals surface area contributed by atoms with E-state index in [1.54, 1.807) is 24.3 Å². The topological polar surface area (TPSA) is 64.2 Å². The predicted octanol–water partition coefficient (Wildman–Crippen LogP) is 5.07. The van der Waals surface area contributed by atoms with Gasteiger partial charge in [-0.25, -0.2) is 4.39 Å². The van der Waals surface area contributed by atoms with Crippen molar-refractivity contribution in [1.29, 1.82) is 0 Å². The van der Waals surface area contributed by atoms with Crippen LogP contribution in [0.1, 0.15) is 26.3 Å². The number of hydrogen-bond donors (Lipinski definition) is 2. The van der Waals surface area contributed by atoms with Crippen LogP contribution in [0.15, 0.2) is 65.6 Å². The highest BCUT2D eigenvalue weighted by Gasteiger charge is 2.24. The second-order valence-corrected chi connectivity index (χ2v) is 9.59. The van der Waals surface area contributed by atoms with Crippen LogP contribution < -0.4 is 10.0 Å². The third-order valence-corrected chi connectivity index (χ3v) is 6.36. The van der Waals surface area contributed by atoms with E-state index in [0.29, 0.717) is 22.4 Å². The summed E-state index contributed by atoms with van der Waals surface area (Å²) >= 11 is -1.43. The molecule has 1 aliphatic rings. The zero-order valence-corrected chi connectivity index (χ0v) is 17.9. The Morgan fingerprint density at radius 2 is 1.70 bits per heavy atom. The number of hydrogen-bond acceptors (Lipinski definition) is 3. The van der Waals surface area contributed by atoms with Gasteiger partial charge >= 0.3 is 0 Å². The Hall–Kier alpha value is -2.67. The summed E-state index contributed by atoms with van der Waals surface area (Å²) in [6.07, 6.45) is 0.308. The summed E-state index contributed by atoms with van der Waals surface area (Å²) < 4.78 is 31.0. The normalized spacial score (nSPS) is 14.4. The Morgan fingerprint density at radius 1 is 1.00 bits per heavy atom. The summed E-state index contributed by atoms with van der Waals surface area (Å²) in [7, 11) is 0. The second kappa shape index (κ2) is 7.87. The van der Waals surface area contributed by atoms with E-state index in [4.69, 9.17) is 0 Å². The molecule has 1 amide bonds. The molecule has 4 rings (SSSR count). The number of halogens is 1. The van der Waals surface area contributed by atoms with E-state index >= 15 is 4.39 Å². The van der Waals surface area contributed by atoms with Crippen LogP contribution in [0.25, 0.3) is 22.3 Å². The minimum Gasteiger partial charge on any atom is -0.593 e. The fourth-order valence-electron chi connectivity index (χ4n) is 3.51. The van der Waals surface area contributed by atoms with Gasteiger partial charge in [0.15, 0.2) is 4.90 Å². The molecular formula is C24H23FN2O2S. The molecule has 3 aromatic rings. The van der Waals surface area contributed by atoms with Crippen LogP contribution in [-0.4, -0.2) is 16.0 Å².